The van der Waals surface area contributed by atoms with Crippen molar-refractivity contribution in [2.45, 2.75) is 6.42 Å². The van der Waals surface area contributed by atoms with Crippen LogP contribution < -0.4 is 16.0 Å². The van der Waals surface area contributed by atoms with E-state index in [4.69, 9.17) is 15.2 Å². The fourth-order valence-electron chi connectivity index (χ4n) is 2.78. The fraction of sp³-hybridized carbons (Fsp3) is 0.389. The molecule has 27 heavy (non-hydrogen) atoms. The summed E-state index contributed by atoms with van der Waals surface area (Å²) in [5.41, 5.74) is 7.39. The molecule has 3 rings (SSSR count). The van der Waals surface area contributed by atoms with E-state index in [1.807, 2.05) is 6.07 Å². The summed E-state index contributed by atoms with van der Waals surface area (Å²) in [6, 6.07) is 5.31. The Hall–Kier alpha value is -2.49. The summed E-state index contributed by atoms with van der Waals surface area (Å²) in [6.45, 7) is 3.25. The van der Waals surface area contributed by atoms with E-state index in [1.54, 1.807) is 17.5 Å². The first-order valence-electron chi connectivity index (χ1n) is 8.63. The molecule has 1 aliphatic rings. The summed E-state index contributed by atoms with van der Waals surface area (Å²) >= 11 is 1.39. The average molecular weight is 390 g/mol. The lowest BCUT2D eigenvalue weighted by atomic mass is 10.1. The largest absolute Gasteiger partial charge is 0.465 e. The number of carbonyl (C=O) groups is 2. The van der Waals surface area contributed by atoms with Gasteiger partial charge < -0.3 is 25.4 Å². The zero-order valence-electron chi connectivity index (χ0n) is 15.1. The van der Waals surface area contributed by atoms with Gasteiger partial charge in [0.15, 0.2) is 0 Å². The Morgan fingerprint density at radius 1 is 1.37 bits per heavy atom. The van der Waals surface area contributed by atoms with Crippen molar-refractivity contribution in [1.29, 1.82) is 0 Å². The normalized spacial score (nSPS) is 14.1. The lowest BCUT2D eigenvalue weighted by Gasteiger charge is -2.29. The van der Waals surface area contributed by atoms with Crippen molar-refractivity contribution in [2.75, 3.05) is 50.2 Å². The zero-order chi connectivity index (χ0) is 19.2. The molecule has 0 radical (unpaired) electrons. The third kappa shape index (κ3) is 4.62. The van der Waals surface area contributed by atoms with Gasteiger partial charge in [0.2, 0.25) is 0 Å². The van der Waals surface area contributed by atoms with Crippen molar-refractivity contribution in [2.24, 2.45) is 5.73 Å². The number of carbonyl (C=O) groups excluding carboxylic acids is 2. The molecule has 1 aromatic heterocycles. The van der Waals surface area contributed by atoms with Gasteiger partial charge in [-0.15, -0.1) is 11.3 Å². The molecule has 8 nitrogen and oxygen atoms in total. The van der Waals surface area contributed by atoms with Gasteiger partial charge in [0, 0.05) is 30.6 Å². The molecule has 3 N–H and O–H groups in total. The Bertz CT molecular complexity index is 817. The van der Waals surface area contributed by atoms with Crippen LogP contribution in [0.15, 0.2) is 23.6 Å². The molecular formula is C18H22N4O4S. The highest BCUT2D eigenvalue weighted by Crippen LogP contribution is 2.25. The van der Waals surface area contributed by atoms with Crippen LogP contribution in [0, 0.1) is 0 Å². The Balaban J connectivity index is 1.82. The molecule has 2 aromatic rings. The third-order valence-corrected chi connectivity index (χ3v) is 5.08. The highest BCUT2D eigenvalue weighted by atomic mass is 32.1. The lowest BCUT2D eigenvalue weighted by molar-refractivity contribution is 0.0602. The van der Waals surface area contributed by atoms with Crippen LogP contribution in [-0.4, -0.2) is 56.8 Å². The predicted molar refractivity (Wildman–Crippen MR) is 104 cm³/mol. The van der Waals surface area contributed by atoms with E-state index in [0.717, 1.165) is 23.8 Å². The number of hydrogen-bond acceptors (Lipinski definition) is 8. The van der Waals surface area contributed by atoms with E-state index in [2.05, 4.69) is 15.2 Å². The highest BCUT2D eigenvalue weighted by molar-refractivity contribution is 7.09. The van der Waals surface area contributed by atoms with Crippen LogP contribution in [0.5, 0.6) is 0 Å². The summed E-state index contributed by atoms with van der Waals surface area (Å²) in [7, 11) is 1.31. The Morgan fingerprint density at radius 2 is 2.15 bits per heavy atom. The first-order valence-corrected chi connectivity index (χ1v) is 9.51. The number of methoxy groups -OCH3 is 1. The van der Waals surface area contributed by atoms with Crippen molar-refractivity contribution in [3.63, 3.8) is 0 Å². The second-order valence-electron chi connectivity index (χ2n) is 5.94. The second kappa shape index (κ2) is 8.94. The Morgan fingerprint density at radius 3 is 2.85 bits per heavy atom. The second-order valence-corrected chi connectivity index (χ2v) is 6.88. The lowest BCUT2D eigenvalue weighted by Crippen LogP contribution is -2.36. The van der Waals surface area contributed by atoms with Gasteiger partial charge in [0.1, 0.15) is 5.69 Å². The van der Waals surface area contributed by atoms with E-state index in [-0.39, 0.29) is 5.91 Å². The molecule has 0 bridgehead atoms. The maximum atomic E-state index is 12.5. The number of benzene rings is 1. The number of nitrogens with zero attached hydrogens (tertiary/aromatic N) is 2. The number of esters is 1. The Labute approximate surface area is 161 Å². The van der Waals surface area contributed by atoms with Crippen molar-refractivity contribution < 1.29 is 19.1 Å². The zero-order valence-corrected chi connectivity index (χ0v) is 15.9. The number of hydrogen-bond donors (Lipinski definition) is 2. The van der Waals surface area contributed by atoms with Crippen LogP contribution in [0.1, 0.15) is 25.9 Å². The topological polar surface area (TPSA) is 107 Å². The minimum Gasteiger partial charge on any atom is -0.465 e. The molecule has 144 valence electrons. The number of nitrogens with two attached hydrogens (primary N) is 1. The van der Waals surface area contributed by atoms with E-state index >= 15 is 0 Å². The molecule has 1 saturated heterocycles. The fourth-order valence-corrected chi connectivity index (χ4v) is 3.57. The molecule has 0 unspecified atom stereocenters. The SMILES string of the molecule is COC(=O)c1cc(N2CCOCC2)ccc1NC(=O)c1csc(CCN)n1. The number of anilines is 2. The Kier molecular flexibility index (Phi) is 6.38. The van der Waals surface area contributed by atoms with E-state index in [1.165, 1.54) is 18.4 Å². The maximum absolute atomic E-state index is 12.5. The molecule has 1 amide bonds. The monoisotopic (exact) mass is 390 g/mol. The summed E-state index contributed by atoms with van der Waals surface area (Å²) < 4.78 is 10.2. The quantitative estimate of drug-likeness (QED) is 0.720. The molecule has 0 spiro atoms. The highest BCUT2D eigenvalue weighted by Gasteiger charge is 2.20. The number of aromatic nitrogens is 1. The van der Waals surface area contributed by atoms with Crippen molar-refractivity contribution in [3.8, 4) is 0 Å². The number of rotatable bonds is 6. The molecule has 0 atom stereocenters. The maximum Gasteiger partial charge on any atom is 0.340 e. The van der Waals surface area contributed by atoms with Gasteiger partial charge >= 0.3 is 5.97 Å². The summed E-state index contributed by atoms with van der Waals surface area (Å²) in [4.78, 5) is 31.1. The van der Waals surface area contributed by atoms with Crippen LogP contribution >= 0.6 is 11.3 Å². The molecule has 1 fully saturated rings. The van der Waals surface area contributed by atoms with Gasteiger partial charge in [-0.25, -0.2) is 9.78 Å². The number of thiazole rings is 1. The third-order valence-electron chi connectivity index (χ3n) is 4.18. The average Bonchev–Trinajstić information content (AvgIpc) is 3.17. The molecular weight excluding hydrogens is 368 g/mol. The van der Waals surface area contributed by atoms with E-state index in [0.29, 0.717) is 43.1 Å². The molecule has 1 aromatic carbocycles. The van der Waals surface area contributed by atoms with Crippen LogP contribution in [0.3, 0.4) is 0 Å². The number of amides is 1. The molecule has 0 saturated carbocycles. The molecule has 2 heterocycles. The van der Waals surface area contributed by atoms with Crippen molar-refractivity contribution in [1.82, 2.24) is 4.98 Å². The summed E-state index contributed by atoms with van der Waals surface area (Å²) in [6.07, 6.45) is 0.625. The van der Waals surface area contributed by atoms with Gasteiger partial charge in [-0.3, -0.25) is 4.79 Å². The van der Waals surface area contributed by atoms with Crippen LogP contribution in [0.2, 0.25) is 0 Å². The first-order chi connectivity index (χ1) is 13.1. The van der Waals surface area contributed by atoms with E-state index in [9.17, 15) is 9.59 Å². The van der Waals surface area contributed by atoms with Crippen molar-refractivity contribution in [3.05, 3.63) is 39.8 Å². The minimum absolute atomic E-state index is 0.298. The minimum atomic E-state index is -0.512. The molecule has 1 aliphatic heterocycles. The summed E-state index contributed by atoms with van der Waals surface area (Å²) in [5.74, 6) is -0.888. The van der Waals surface area contributed by atoms with Crippen molar-refractivity contribution >= 4 is 34.6 Å². The van der Waals surface area contributed by atoms with Gasteiger partial charge in [0.25, 0.3) is 5.91 Å². The molecule has 9 heteroatoms. The van der Waals surface area contributed by atoms with Crippen LogP contribution in [0.4, 0.5) is 11.4 Å². The smallest absolute Gasteiger partial charge is 0.340 e. The standard InChI is InChI=1S/C18H22N4O4S/c1-25-18(24)13-10-12(22-6-8-26-9-7-22)2-3-14(13)21-17(23)15-11-27-16(20-15)4-5-19/h2-3,10-11H,4-9,19H2,1H3,(H,21,23). The first kappa shape index (κ1) is 19.3. The number of nitrogens with one attached hydrogen (secondary N) is 1. The van der Waals surface area contributed by atoms with Gasteiger partial charge in [-0.05, 0) is 24.7 Å². The predicted octanol–water partition coefficient (Wildman–Crippen LogP) is 1.52. The van der Waals surface area contributed by atoms with Gasteiger partial charge in [0.05, 0.1) is 36.6 Å². The van der Waals surface area contributed by atoms with Gasteiger partial charge in [-0.2, -0.15) is 0 Å². The molecule has 0 aliphatic carbocycles. The summed E-state index contributed by atoms with van der Waals surface area (Å²) in [5, 5.41) is 5.24. The van der Waals surface area contributed by atoms with Gasteiger partial charge in [-0.1, -0.05) is 0 Å². The van der Waals surface area contributed by atoms with Crippen LogP contribution in [-0.2, 0) is 15.9 Å². The number of morpholine rings is 1. The number of ether oxygens (including phenoxy) is 2. The van der Waals surface area contributed by atoms with E-state index < -0.39 is 5.97 Å². The van der Waals surface area contributed by atoms with Crippen LogP contribution in [0.25, 0.3) is 0 Å².